The average Bonchev–Trinajstić information content (AvgIpc) is 2.85. The van der Waals surface area contributed by atoms with E-state index in [0.717, 1.165) is 11.3 Å². The number of benzene rings is 1. The van der Waals surface area contributed by atoms with Gasteiger partial charge in [0.05, 0.1) is 15.9 Å². The van der Waals surface area contributed by atoms with Crippen molar-refractivity contribution in [3.8, 4) is 0 Å². The Labute approximate surface area is 118 Å². The number of hydrogen-bond acceptors (Lipinski definition) is 3. The van der Waals surface area contributed by atoms with Gasteiger partial charge >= 0.3 is 0 Å². The lowest BCUT2D eigenvalue weighted by atomic mass is 10.0. The molecule has 0 aliphatic carbocycles. The van der Waals surface area contributed by atoms with Crippen LogP contribution in [0.5, 0.6) is 0 Å². The standard InChI is InChI=1S/C11H6ClF5N2S/c12-4-2-1-3(20-4)11(19-18)5-6(13)8(15)10(17)9(16)7(5)14/h1-2,11,19H,18H2. The van der Waals surface area contributed by atoms with Gasteiger partial charge in [0.15, 0.2) is 23.3 Å². The Morgan fingerprint density at radius 1 is 0.950 bits per heavy atom. The van der Waals surface area contributed by atoms with E-state index in [0.29, 0.717) is 0 Å². The summed E-state index contributed by atoms with van der Waals surface area (Å²) in [5.74, 6) is -4.98. The lowest BCUT2D eigenvalue weighted by Gasteiger charge is -2.17. The van der Waals surface area contributed by atoms with Gasteiger partial charge in [-0.1, -0.05) is 11.6 Å². The van der Waals surface area contributed by atoms with Crippen molar-refractivity contribution in [2.24, 2.45) is 5.84 Å². The molecule has 9 heteroatoms. The zero-order valence-electron chi connectivity index (χ0n) is 9.49. The first-order chi connectivity index (χ1) is 9.38. The smallest absolute Gasteiger partial charge is 0.200 e. The predicted molar refractivity (Wildman–Crippen MR) is 64.7 cm³/mol. The van der Waals surface area contributed by atoms with Crippen LogP contribution in [0.2, 0.25) is 4.34 Å². The third-order valence-corrected chi connectivity index (χ3v) is 3.87. The first-order valence-electron chi connectivity index (χ1n) is 5.11. The van der Waals surface area contributed by atoms with Gasteiger partial charge in [0.1, 0.15) is 0 Å². The second kappa shape index (κ2) is 5.65. The largest absolute Gasteiger partial charge is 0.271 e. The molecule has 0 amide bonds. The Bertz CT molecular complexity index is 631. The van der Waals surface area contributed by atoms with E-state index >= 15 is 0 Å². The fourth-order valence-electron chi connectivity index (χ4n) is 1.67. The summed E-state index contributed by atoms with van der Waals surface area (Å²) < 4.78 is 67.0. The Balaban J connectivity index is 2.67. The molecular formula is C11H6ClF5N2S. The third kappa shape index (κ3) is 2.39. The van der Waals surface area contributed by atoms with Crippen LogP contribution in [0.25, 0.3) is 0 Å². The maximum atomic E-state index is 13.7. The number of nitrogens with one attached hydrogen (secondary N) is 1. The van der Waals surface area contributed by atoms with E-state index in [1.165, 1.54) is 12.1 Å². The van der Waals surface area contributed by atoms with Crippen LogP contribution in [0.3, 0.4) is 0 Å². The molecule has 1 aromatic heterocycles. The molecule has 0 radical (unpaired) electrons. The first-order valence-corrected chi connectivity index (χ1v) is 6.30. The minimum absolute atomic E-state index is 0.209. The highest BCUT2D eigenvalue weighted by molar-refractivity contribution is 7.16. The van der Waals surface area contributed by atoms with Crippen molar-refractivity contribution in [2.75, 3.05) is 0 Å². The van der Waals surface area contributed by atoms with Gasteiger partial charge < -0.3 is 0 Å². The molecule has 0 saturated heterocycles. The maximum Gasteiger partial charge on any atom is 0.200 e. The van der Waals surface area contributed by atoms with Gasteiger partial charge in [-0.25, -0.2) is 27.4 Å². The van der Waals surface area contributed by atoms with Gasteiger partial charge in [0, 0.05) is 4.88 Å². The molecule has 1 aromatic carbocycles. The lowest BCUT2D eigenvalue weighted by Crippen LogP contribution is -2.30. The zero-order valence-corrected chi connectivity index (χ0v) is 11.1. The highest BCUT2D eigenvalue weighted by Gasteiger charge is 2.31. The van der Waals surface area contributed by atoms with E-state index in [-0.39, 0.29) is 9.21 Å². The SMILES string of the molecule is NNC(c1ccc(Cl)s1)c1c(F)c(F)c(F)c(F)c1F. The molecule has 1 atom stereocenters. The molecule has 0 fully saturated rings. The lowest BCUT2D eigenvalue weighted by molar-refractivity contribution is 0.363. The highest BCUT2D eigenvalue weighted by Crippen LogP contribution is 2.35. The molecule has 0 spiro atoms. The Morgan fingerprint density at radius 2 is 1.45 bits per heavy atom. The second-order valence-electron chi connectivity index (χ2n) is 3.73. The minimum atomic E-state index is -2.22. The van der Waals surface area contributed by atoms with Crippen LogP contribution in [0.15, 0.2) is 12.1 Å². The van der Waals surface area contributed by atoms with E-state index in [2.05, 4.69) is 0 Å². The summed E-state index contributed by atoms with van der Waals surface area (Å²) in [6.45, 7) is 0. The number of rotatable bonds is 3. The van der Waals surface area contributed by atoms with Crippen LogP contribution in [0, 0.1) is 29.1 Å². The van der Waals surface area contributed by atoms with Crippen LogP contribution in [-0.2, 0) is 0 Å². The van der Waals surface area contributed by atoms with Gasteiger partial charge in [0.2, 0.25) is 5.82 Å². The van der Waals surface area contributed by atoms with Crippen molar-refractivity contribution in [1.82, 2.24) is 5.43 Å². The first kappa shape index (κ1) is 15.2. The van der Waals surface area contributed by atoms with E-state index < -0.39 is 40.7 Å². The summed E-state index contributed by atoms with van der Waals surface area (Å²) in [6, 6.07) is 1.38. The molecule has 0 aliphatic rings. The summed E-state index contributed by atoms with van der Waals surface area (Å²) in [7, 11) is 0. The number of nitrogens with two attached hydrogens (primary N) is 1. The number of halogens is 6. The van der Waals surface area contributed by atoms with Crippen LogP contribution in [0.4, 0.5) is 22.0 Å². The van der Waals surface area contributed by atoms with Crippen molar-refractivity contribution in [3.63, 3.8) is 0 Å². The molecule has 2 rings (SSSR count). The van der Waals surface area contributed by atoms with Crippen molar-refractivity contribution < 1.29 is 22.0 Å². The quantitative estimate of drug-likeness (QED) is 0.297. The van der Waals surface area contributed by atoms with Crippen molar-refractivity contribution in [1.29, 1.82) is 0 Å². The molecule has 3 N–H and O–H groups in total. The minimum Gasteiger partial charge on any atom is -0.271 e. The summed E-state index contributed by atoms with van der Waals surface area (Å²) in [6.07, 6.45) is 0. The number of hydrazine groups is 1. The molecule has 108 valence electrons. The molecular weight excluding hydrogens is 323 g/mol. The Kier molecular flexibility index (Phi) is 4.28. The fraction of sp³-hybridized carbons (Fsp3) is 0.0909. The van der Waals surface area contributed by atoms with Gasteiger partial charge in [0.25, 0.3) is 0 Å². The molecule has 0 aliphatic heterocycles. The molecule has 1 unspecified atom stereocenters. The maximum absolute atomic E-state index is 13.7. The van der Waals surface area contributed by atoms with Gasteiger partial charge in [-0.2, -0.15) is 0 Å². The van der Waals surface area contributed by atoms with Crippen LogP contribution >= 0.6 is 22.9 Å². The monoisotopic (exact) mass is 328 g/mol. The normalized spacial score (nSPS) is 12.8. The predicted octanol–water partition coefficient (Wildman–Crippen LogP) is 3.65. The Hall–Kier alpha value is -1.22. The summed E-state index contributed by atoms with van der Waals surface area (Å²) >= 11 is 6.57. The molecule has 1 heterocycles. The second-order valence-corrected chi connectivity index (χ2v) is 5.47. The van der Waals surface area contributed by atoms with Gasteiger partial charge in [-0.15, -0.1) is 11.3 Å². The van der Waals surface area contributed by atoms with Crippen molar-refractivity contribution >= 4 is 22.9 Å². The van der Waals surface area contributed by atoms with E-state index in [1.807, 2.05) is 5.43 Å². The topological polar surface area (TPSA) is 38.0 Å². The van der Waals surface area contributed by atoms with Crippen molar-refractivity contribution in [3.05, 3.63) is 56.0 Å². The summed E-state index contributed by atoms with van der Waals surface area (Å²) in [4.78, 5) is 0.209. The van der Waals surface area contributed by atoms with Crippen LogP contribution in [-0.4, -0.2) is 0 Å². The molecule has 20 heavy (non-hydrogen) atoms. The van der Waals surface area contributed by atoms with Crippen molar-refractivity contribution in [2.45, 2.75) is 6.04 Å². The van der Waals surface area contributed by atoms with Crippen LogP contribution in [0.1, 0.15) is 16.5 Å². The highest BCUT2D eigenvalue weighted by atomic mass is 35.5. The fourth-order valence-corrected chi connectivity index (χ4v) is 2.80. The van der Waals surface area contributed by atoms with Gasteiger partial charge in [-0.3, -0.25) is 5.84 Å². The number of thiophene rings is 1. The van der Waals surface area contributed by atoms with E-state index in [4.69, 9.17) is 17.4 Å². The number of hydrogen-bond donors (Lipinski definition) is 2. The van der Waals surface area contributed by atoms with Gasteiger partial charge in [-0.05, 0) is 12.1 Å². The average molecular weight is 329 g/mol. The molecule has 0 bridgehead atoms. The summed E-state index contributed by atoms with van der Waals surface area (Å²) in [5, 5.41) is 0. The zero-order chi connectivity index (χ0) is 15.0. The molecule has 2 aromatic rings. The summed E-state index contributed by atoms with van der Waals surface area (Å²) in [5.41, 5.74) is 0.966. The van der Waals surface area contributed by atoms with E-state index in [1.54, 1.807) is 0 Å². The van der Waals surface area contributed by atoms with E-state index in [9.17, 15) is 22.0 Å². The van der Waals surface area contributed by atoms with Crippen LogP contribution < -0.4 is 11.3 Å². The third-order valence-electron chi connectivity index (χ3n) is 2.58. The Morgan fingerprint density at radius 3 is 1.85 bits per heavy atom. The molecule has 2 nitrogen and oxygen atoms in total. The molecule has 0 saturated carbocycles.